The standard InChI is InChI=1S/C20H32N6O/c21-13-18-6-5-17(26(18)14-15-3-4-15)12-20(27)23-16-7-10-25(11-8-16)19-2-1-9-22-24-19/h1-2,9,15-18H,3-8,10-14,21H2,(H,23,27)/t17-,18+/m0/s1. The van der Waals surface area contributed by atoms with Crippen LogP contribution in [0.3, 0.4) is 0 Å². The van der Waals surface area contributed by atoms with Gasteiger partial charge in [0, 0.05) is 56.9 Å². The maximum absolute atomic E-state index is 12.7. The second-order valence-electron chi connectivity index (χ2n) is 8.38. The minimum Gasteiger partial charge on any atom is -0.355 e. The van der Waals surface area contributed by atoms with Gasteiger partial charge in [0.2, 0.25) is 5.91 Å². The minimum absolute atomic E-state index is 0.205. The molecule has 0 bridgehead atoms. The molecule has 1 aromatic heterocycles. The van der Waals surface area contributed by atoms with Crippen molar-refractivity contribution in [3.8, 4) is 0 Å². The molecule has 2 saturated heterocycles. The Balaban J connectivity index is 1.23. The Hall–Kier alpha value is -1.73. The number of hydrogen-bond donors (Lipinski definition) is 2. The Bertz CT molecular complexity index is 614. The smallest absolute Gasteiger partial charge is 0.221 e. The highest BCUT2D eigenvalue weighted by molar-refractivity contribution is 5.77. The van der Waals surface area contributed by atoms with Crippen LogP contribution in [-0.2, 0) is 4.79 Å². The number of carbonyl (C=O) groups is 1. The Morgan fingerprint density at radius 3 is 2.59 bits per heavy atom. The number of nitrogens with one attached hydrogen (secondary N) is 1. The number of carbonyl (C=O) groups excluding carboxylic acids is 1. The number of nitrogens with zero attached hydrogens (tertiary/aromatic N) is 4. The lowest BCUT2D eigenvalue weighted by atomic mass is 10.0. The number of rotatable bonds is 7. The first-order chi connectivity index (χ1) is 13.2. The molecule has 3 heterocycles. The van der Waals surface area contributed by atoms with E-state index in [9.17, 15) is 4.79 Å². The van der Waals surface area contributed by atoms with E-state index < -0.39 is 0 Å². The van der Waals surface area contributed by atoms with Crippen LogP contribution < -0.4 is 16.0 Å². The van der Waals surface area contributed by atoms with Gasteiger partial charge in [-0.2, -0.15) is 5.10 Å². The lowest BCUT2D eigenvalue weighted by Crippen LogP contribution is -2.47. The summed E-state index contributed by atoms with van der Waals surface area (Å²) in [4.78, 5) is 17.4. The third kappa shape index (κ3) is 4.76. The molecule has 0 radical (unpaired) electrons. The minimum atomic E-state index is 0.205. The van der Waals surface area contributed by atoms with Crippen molar-refractivity contribution in [3.05, 3.63) is 18.3 Å². The van der Waals surface area contributed by atoms with Crippen LogP contribution in [0.15, 0.2) is 18.3 Å². The van der Waals surface area contributed by atoms with Crippen molar-refractivity contribution in [1.29, 1.82) is 0 Å². The van der Waals surface area contributed by atoms with Gasteiger partial charge in [-0.15, -0.1) is 5.10 Å². The van der Waals surface area contributed by atoms with Crippen LogP contribution in [0.1, 0.15) is 44.9 Å². The van der Waals surface area contributed by atoms with E-state index in [0.717, 1.165) is 57.1 Å². The third-order valence-electron chi connectivity index (χ3n) is 6.37. The molecule has 0 aromatic carbocycles. The quantitative estimate of drug-likeness (QED) is 0.747. The molecule has 0 unspecified atom stereocenters. The van der Waals surface area contributed by atoms with Gasteiger partial charge in [0.25, 0.3) is 0 Å². The van der Waals surface area contributed by atoms with E-state index in [2.05, 4.69) is 25.3 Å². The number of likely N-dealkylation sites (tertiary alicyclic amines) is 1. The average molecular weight is 373 g/mol. The molecule has 148 valence electrons. The fourth-order valence-electron chi connectivity index (χ4n) is 4.60. The summed E-state index contributed by atoms with van der Waals surface area (Å²) in [6.45, 7) is 3.67. The van der Waals surface area contributed by atoms with Crippen LogP contribution in [0.2, 0.25) is 0 Å². The van der Waals surface area contributed by atoms with Crippen molar-refractivity contribution in [3.63, 3.8) is 0 Å². The van der Waals surface area contributed by atoms with Gasteiger partial charge >= 0.3 is 0 Å². The zero-order valence-corrected chi connectivity index (χ0v) is 16.1. The van der Waals surface area contributed by atoms with E-state index in [1.54, 1.807) is 6.20 Å². The molecule has 1 aliphatic carbocycles. The Morgan fingerprint density at radius 1 is 1.15 bits per heavy atom. The molecule has 3 aliphatic rings. The monoisotopic (exact) mass is 372 g/mol. The molecule has 1 aromatic rings. The molecule has 2 atom stereocenters. The van der Waals surface area contributed by atoms with Gasteiger partial charge < -0.3 is 16.0 Å². The predicted octanol–water partition coefficient (Wildman–Crippen LogP) is 1.15. The van der Waals surface area contributed by atoms with Crippen LogP contribution in [0.4, 0.5) is 5.82 Å². The van der Waals surface area contributed by atoms with Crippen molar-refractivity contribution < 1.29 is 4.79 Å². The Labute approximate surface area is 161 Å². The number of anilines is 1. The normalized spacial score (nSPS) is 27.1. The summed E-state index contributed by atoms with van der Waals surface area (Å²) in [7, 11) is 0. The number of nitrogens with two attached hydrogens (primary N) is 1. The highest BCUT2D eigenvalue weighted by Crippen LogP contribution is 2.35. The fourth-order valence-corrected chi connectivity index (χ4v) is 4.60. The molecule has 0 spiro atoms. The van der Waals surface area contributed by atoms with Gasteiger partial charge in [-0.25, -0.2) is 0 Å². The average Bonchev–Trinajstić information content (AvgIpc) is 3.44. The lowest BCUT2D eigenvalue weighted by Gasteiger charge is -2.33. The number of hydrogen-bond acceptors (Lipinski definition) is 6. The SMILES string of the molecule is NC[C@H]1CC[C@@H](CC(=O)NC2CCN(c3cccnn3)CC2)N1CC1CC1. The molecule has 7 heteroatoms. The number of amides is 1. The van der Waals surface area contributed by atoms with E-state index in [1.165, 1.54) is 12.8 Å². The molecular weight excluding hydrogens is 340 g/mol. The largest absolute Gasteiger partial charge is 0.355 e. The maximum Gasteiger partial charge on any atom is 0.221 e. The van der Waals surface area contributed by atoms with Crippen LogP contribution in [0, 0.1) is 5.92 Å². The highest BCUT2D eigenvalue weighted by atomic mass is 16.1. The molecular formula is C20H32N6O. The summed E-state index contributed by atoms with van der Waals surface area (Å²) in [5.74, 6) is 1.97. The van der Waals surface area contributed by atoms with Gasteiger partial charge in [0.1, 0.15) is 0 Å². The lowest BCUT2D eigenvalue weighted by molar-refractivity contribution is -0.123. The van der Waals surface area contributed by atoms with Gasteiger partial charge in [0.05, 0.1) is 0 Å². The van der Waals surface area contributed by atoms with E-state index in [4.69, 9.17) is 5.73 Å². The summed E-state index contributed by atoms with van der Waals surface area (Å²) in [5, 5.41) is 11.4. The first-order valence-electron chi connectivity index (χ1n) is 10.5. The van der Waals surface area contributed by atoms with E-state index in [-0.39, 0.29) is 11.9 Å². The molecule has 7 nitrogen and oxygen atoms in total. The Kier molecular flexibility index (Phi) is 5.88. The number of piperidine rings is 1. The van der Waals surface area contributed by atoms with Crippen molar-refractivity contribution in [2.45, 2.75) is 63.1 Å². The van der Waals surface area contributed by atoms with Gasteiger partial charge in [-0.1, -0.05) is 0 Å². The summed E-state index contributed by atoms with van der Waals surface area (Å²) in [6.07, 6.45) is 9.17. The fraction of sp³-hybridized carbons (Fsp3) is 0.750. The molecule has 3 N–H and O–H groups in total. The summed E-state index contributed by atoms with van der Waals surface area (Å²) in [5.41, 5.74) is 5.97. The van der Waals surface area contributed by atoms with Gasteiger partial charge in [-0.3, -0.25) is 9.69 Å². The van der Waals surface area contributed by atoms with E-state index in [1.807, 2.05) is 12.1 Å². The Morgan fingerprint density at radius 2 is 1.93 bits per heavy atom. The molecule has 1 saturated carbocycles. The molecule has 27 heavy (non-hydrogen) atoms. The van der Waals surface area contributed by atoms with Crippen molar-refractivity contribution in [2.24, 2.45) is 11.7 Å². The first kappa shape index (κ1) is 18.6. The summed E-state index contributed by atoms with van der Waals surface area (Å²) in [6, 6.07) is 5.03. The maximum atomic E-state index is 12.7. The molecule has 3 fully saturated rings. The summed E-state index contributed by atoms with van der Waals surface area (Å²) >= 11 is 0. The molecule has 4 rings (SSSR count). The van der Waals surface area contributed by atoms with Crippen molar-refractivity contribution in [2.75, 3.05) is 31.1 Å². The van der Waals surface area contributed by atoms with Gasteiger partial charge in [-0.05, 0) is 56.6 Å². The molecule has 2 aliphatic heterocycles. The third-order valence-corrected chi connectivity index (χ3v) is 6.37. The zero-order valence-electron chi connectivity index (χ0n) is 16.1. The molecule has 1 amide bonds. The van der Waals surface area contributed by atoms with Crippen LogP contribution in [0.25, 0.3) is 0 Å². The second kappa shape index (κ2) is 8.52. The van der Waals surface area contributed by atoms with Crippen molar-refractivity contribution >= 4 is 11.7 Å². The van der Waals surface area contributed by atoms with Gasteiger partial charge in [0.15, 0.2) is 5.82 Å². The topological polar surface area (TPSA) is 87.4 Å². The van der Waals surface area contributed by atoms with Crippen molar-refractivity contribution in [1.82, 2.24) is 20.4 Å². The van der Waals surface area contributed by atoms with Crippen LogP contribution in [0.5, 0.6) is 0 Å². The van der Waals surface area contributed by atoms with E-state index >= 15 is 0 Å². The summed E-state index contributed by atoms with van der Waals surface area (Å²) < 4.78 is 0. The first-order valence-corrected chi connectivity index (χ1v) is 10.5. The van der Waals surface area contributed by atoms with E-state index in [0.29, 0.717) is 25.0 Å². The second-order valence-corrected chi connectivity index (χ2v) is 8.38. The van der Waals surface area contributed by atoms with Crippen LogP contribution in [-0.4, -0.2) is 65.3 Å². The van der Waals surface area contributed by atoms with Crippen LogP contribution >= 0.6 is 0 Å². The predicted molar refractivity (Wildman–Crippen MR) is 105 cm³/mol. The zero-order chi connectivity index (χ0) is 18.6. The number of aromatic nitrogens is 2. The highest BCUT2D eigenvalue weighted by Gasteiger charge is 2.37.